The summed E-state index contributed by atoms with van der Waals surface area (Å²) < 4.78 is 9.06. The van der Waals surface area contributed by atoms with Gasteiger partial charge >= 0.3 is 0 Å². The molecule has 0 saturated heterocycles. The number of fused-ring (bicyclic) bond motifs is 13. The smallest absolute Gasteiger partial charge is 0.144 e. The van der Waals surface area contributed by atoms with E-state index in [0.29, 0.717) is 0 Å². The van der Waals surface area contributed by atoms with E-state index in [4.69, 9.17) is 4.42 Å². The van der Waals surface area contributed by atoms with Crippen LogP contribution in [0.2, 0.25) is 0 Å². The fourth-order valence-corrected chi connectivity index (χ4v) is 11.2. The summed E-state index contributed by atoms with van der Waals surface area (Å²) in [4.78, 5) is 0. The van der Waals surface area contributed by atoms with Crippen LogP contribution >= 0.6 is 11.3 Å². The number of para-hydroxylation sites is 1. The molecule has 0 bridgehead atoms. The van der Waals surface area contributed by atoms with Gasteiger partial charge in [0.25, 0.3) is 0 Å². The highest BCUT2D eigenvalue weighted by Gasteiger charge is 2.21. The van der Waals surface area contributed by atoms with Crippen molar-refractivity contribution < 1.29 is 4.42 Å². The first-order chi connectivity index (χ1) is 28.8. The molecule has 2 heteroatoms. The van der Waals surface area contributed by atoms with Crippen LogP contribution in [0.4, 0.5) is 0 Å². The van der Waals surface area contributed by atoms with E-state index in [9.17, 15) is 0 Å². The molecule has 11 aromatic carbocycles. The average molecular weight is 753 g/mol. The van der Waals surface area contributed by atoms with Crippen LogP contribution in [0.25, 0.3) is 129 Å². The Morgan fingerprint density at radius 1 is 0.328 bits per heavy atom. The molecule has 0 fully saturated rings. The highest BCUT2D eigenvalue weighted by Crippen LogP contribution is 2.49. The molecule has 0 unspecified atom stereocenters. The maximum absolute atomic E-state index is 6.50. The van der Waals surface area contributed by atoms with E-state index in [0.717, 1.165) is 11.2 Å². The lowest BCUT2D eigenvalue weighted by Crippen LogP contribution is -1.93. The molecule has 58 heavy (non-hydrogen) atoms. The second kappa shape index (κ2) is 12.1. The maximum atomic E-state index is 6.50. The fraction of sp³-hybridized carbons (Fsp3) is 0. The van der Waals surface area contributed by atoms with Gasteiger partial charge in [0.2, 0.25) is 0 Å². The number of hydrogen-bond acceptors (Lipinski definition) is 2. The zero-order valence-electron chi connectivity index (χ0n) is 31.3. The summed E-state index contributed by atoms with van der Waals surface area (Å²) in [6.07, 6.45) is 0. The van der Waals surface area contributed by atoms with E-state index >= 15 is 0 Å². The number of rotatable bonds is 3. The van der Waals surface area contributed by atoms with Crippen molar-refractivity contribution in [3.05, 3.63) is 194 Å². The predicted molar refractivity (Wildman–Crippen MR) is 250 cm³/mol. The van der Waals surface area contributed by atoms with Gasteiger partial charge in [0.1, 0.15) is 11.2 Å². The van der Waals surface area contributed by atoms with Crippen LogP contribution in [0.5, 0.6) is 0 Å². The molecule has 0 aliphatic rings. The lowest BCUT2D eigenvalue weighted by atomic mass is 9.83. The molecule has 0 spiro atoms. The van der Waals surface area contributed by atoms with Crippen molar-refractivity contribution in [2.75, 3.05) is 0 Å². The minimum Gasteiger partial charge on any atom is -0.455 e. The van der Waals surface area contributed by atoms with E-state index in [1.54, 1.807) is 0 Å². The van der Waals surface area contributed by atoms with Crippen LogP contribution in [-0.2, 0) is 0 Å². The number of thiophene rings is 1. The third-order valence-electron chi connectivity index (χ3n) is 12.5. The van der Waals surface area contributed by atoms with Gasteiger partial charge in [-0.25, -0.2) is 0 Å². The van der Waals surface area contributed by atoms with Crippen molar-refractivity contribution in [2.24, 2.45) is 0 Å². The minimum absolute atomic E-state index is 0.937. The van der Waals surface area contributed by atoms with Crippen LogP contribution in [0.15, 0.2) is 199 Å². The maximum Gasteiger partial charge on any atom is 0.144 e. The average Bonchev–Trinajstić information content (AvgIpc) is 3.86. The number of benzene rings is 11. The summed E-state index contributed by atoms with van der Waals surface area (Å²) in [7, 11) is 0. The highest BCUT2D eigenvalue weighted by molar-refractivity contribution is 7.26. The molecule has 0 aliphatic heterocycles. The zero-order valence-corrected chi connectivity index (χ0v) is 32.1. The van der Waals surface area contributed by atoms with Crippen LogP contribution in [0, 0.1) is 0 Å². The highest BCUT2D eigenvalue weighted by atomic mass is 32.1. The Bertz CT molecular complexity index is 3800. The Hall–Kier alpha value is -7.26. The van der Waals surface area contributed by atoms with Gasteiger partial charge in [0, 0.05) is 30.9 Å². The van der Waals surface area contributed by atoms with E-state index < -0.39 is 0 Å². The van der Waals surface area contributed by atoms with Gasteiger partial charge in [-0.1, -0.05) is 170 Å². The first kappa shape index (κ1) is 31.9. The standard InChI is InChI=1S/C56H32OS/c1-2-14-36-33(12-1)13-11-22-42(36)52-43-18-5-7-20-45(43)53(46-21-8-6-19-44(46)52)47-29-28-37(39-15-3-4-16-40(39)47)34-24-26-38-35(32-34)25-27-49-54-51(58-56(38)49)31-30-48-41-17-9-10-23-50(41)57-55(48)54/h1-32H. The van der Waals surface area contributed by atoms with Gasteiger partial charge < -0.3 is 4.42 Å². The number of hydrogen-bond donors (Lipinski definition) is 0. The molecule has 0 N–H and O–H groups in total. The van der Waals surface area contributed by atoms with Gasteiger partial charge in [-0.3, -0.25) is 0 Å². The summed E-state index contributed by atoms with van der Waals surface area (Å²) >= 11 is 1.86. The SMILES string of the molecule is c1ccc2c(-c3c4ccccc4c(-c4ccc(-c5ccc6c(ccc7c6sc6ccc8c9ccccc9oc8c67)c5)c5ccccc45)c4ccccc34)cccc2c1. The van der Waals surface area contributed by atoms with Gasteiger partial charge in [0.05, 0.1) is 0 Å². The van der Waals surface area contributed by atoms with Gasteiger partial charge in [-0.15, -0.1) is 11.3 Å². The summed E-state index contributed by atoms with van der Waals surface area (Å²) in [5, 5.41) is 17.4. The normalized spacial score (nSPS) is 12.1. The van der Waals surface area contributed by atoms with Crippen molar-refractivity contribution >= 4 is 107 Å². The van der Waals surface area contributed by atoms with Crippen molar-refractivity contribution in [3.63, 3.8) is 0 Å². The molecule has 2 aromatic heterocycles. The Morgan fingerprint density at radius 2 is 0.879 bits per heavy atom. The van der Waals surface area contributed by atoms with Gasteiger partial charge in [-0.2, -0.15) is 0 Å². The van der Waals surface area contributed by atoms with Gasteiger partial charge in [0.15, 0.2) is 0 Å². The van der Waals surface area contributed by atoms with Crippen molar-refractivity contribution in [1.82, 2.24) is 0 Å². The summed E-state index contributed by atoms with van der Waals surface area (Å²) in [5.74, 6) is 0. The fourth-order valence-electron chi connectivity index (χ4n) is 9.92. The van der Waals surface area contributed by atoms with Crippen LogP contribution in [0.1, 0.15) is 0 Å². The lowest BCUT2D eigenvalue weighted by molar-refractivity contribution is 0.673. The third kappa shape index (κ3) is 4.46. The topological polar surface area (TPSA) is 13.1 Å². The molecule has 0 atom stereocenters. The molecule has 1 nitrogen and oxygen atoms in total. The predicted octanol–water partition coefficient (Wildman–Crippen LogP) is 16.7. The Balaban J connectivity index is 1.01. The molecule has 268 valence electrons. The third-order valence-corrected chi connectivity index (χ3v) is 13.7. The molecular weight excluding hydrogens is 721 g/mol. The van der Waals surface area contributed by atoms with Crippen molar-refractivity contribution in [1.29, 1.82) is 0 Å². The zero-order chi connectivity index (χ0) is 37.9. The molecule has 0 amide bonds. The molecule has 13 rings (SSSR count). The summed E-state index contributed by atoms with van der Waals surface area (Å²) in [6, 6.07) is 71.5. The van der Waals surface area contributed by atoms with Crippen molar-refractivity contribution in [3.8, 4) is 33.4 Å². The van der Waals surface area contributed by atoms with Gasteiger partial charge in [-0.05, 0) is 112 Å². The largest absolute Gasteiger partial charge is 0.455 e. The molecular formula is C56H32OS. The van der Waals surface area contributed by atoms with Crippen LogP contribution in [-0.4, -0.2) is 0 Å². The Labute approximate surface area is 337 Å². The summed E-state index contributed by atoms with van der Waals surface area (Å²) in [6.45, 7) is 0. The van der Waals surface area contributed by atoms with E-state index in [2.05, 4.69) is 188 Å². The first-order valence-electron chi connectivity index (χ1n) is 19.9. The van der Waals surface area contributed by atoms with Crippen LogP contribution < -0.4 is 0 Å². The first-order valence-corrected chi connectivity index (χ1v) is 20.7. The van der Waals surface area contributed by atoms with E-state index in [1.165, 1.54) is 118 Å². The number of furan rings is 1. The van der Waals surface area contributed by atoms with Crippen molar-refractivity contribution in [2.45, 2.75) is 0 Å². The molecule has 2 heterocycles. The second-order valence-electron chi connectivity index (χ2n) is 15.5. The molecule has 0 radical (unpaired) electrons. The quantitative estimate of drug-likeness (QED) is 0.164. The lowest BCUT2D eigenvalue weighted by Gasteiger charge is -2.20. The second-order valence-corrected chi connectivity index (χ2v) is 16.5. The van der Waals surface area contributed by atoms with Crippen LogP contribution in [0.3, 0.4) is 0 Å². The monoisotopic (exact) mass is 752 g/mol. The van der Waals surface area contributed by atoms with E-state index in [-0.39, 0.29) is 0 Å². The minimum atomic E-state index is 0.937. The van der Waals surface area contributed by atoms with E-state index in [1.807, 2.05) is 17.4 Å². The molecule has 0 aliphatic carbocycles. The summed E-state index contributed by atoms with van der Waals surface area (Å²) in [5.41, 5.74) is 9.47. The molecule has 13 aromatic rings. The molecule has 0 saturated carbocycles. The Morgan fingerprint density at radius 3 is 1.62 bits per heavy atom. The Kier molecular flexibility index (Phi) is 6.66.